The van der Waals surface area contributed by atoms with Crippen molar-refractivity contribution in [2.45, 2.75) is 6.61 Å². The van der Waals surface area contributed by atoms with Gasteiger partial charge in [0.15, 0.2) is 0 Å². The maximum absolute atomic E-state index is 11.2. The van der Waals surface area contributed by atoms with Gasteiger partial charge in [0.2, 0.25) is 0 Å². The van der Waals surface area contributed by atoms with E-state index in [4.69, 9.17) is 21.4 Å². The molecule has 0 saturated carbocycles. The minimum atomic E-state index is -1.00. The Labute approximate surface area is 145 Å². The molecule has 24 heavy (non-hydrogen) atoms. The van der Waals surface area contributed by atoms with Crippen molar-refractivity contribution < 1.29 is 14.6 Å². The summed E-state index contributed by atoms with van der Waals surface area (Å²) >= 11 is 6.03. The second-order valence-electron chi connectivity index (χ2n) is 5.34. The molecule has 1 N–H and O–H groups in total. The molecule has 0 aliphatic heterocycles. The quantitative estimate of drug-likeness (QED) is 0.688. The van der Waals surface area contributed by atoms with Crippen molar-refractivity contribution in [3.05, 3.63) is 88.9 Å². The van der Waals surface area contributed by atoms with Crippen LogP contribution in [-0.4, -0.2) is 11.1 Å². The molecule has 0 unspecified atom stereocenters. The zero-order chi connectivity index (χ0) is 16.9. The number of hydrogen-bond donors (Lipinski definition) is 1. The van der Waals surface area contributed by atoms with E-state index in [-0.39, 0.29) is 5.56 Å². The number of hydrogen-bond acceptors (Lipinski definition) is 2. The Morgan fingerprint density at radius 2 is 1.71 bits per heavy atom. The summed E-state index contributed by atoms with van der Waals surface area (Å²) in [5, 5.41) is 9.55. The molecular formula is C20H15ClO3. The first kappa shape index (κ1) is 16.1. The molecule has 0 amide bonds. The monoisotopic (exact) mass is 338 g/mol. The van der Waals surface area contributed by atoms with Crippen molar-refractivity contribution in [1.82, 2.24) is 0 Å². The summed E-state index contributed by atoms with van der Waals surface area (Å²) in [5.41, 5.74) is 2.84. The highest BCUT2D eigenvalue weighted by Gasteiger charge is 2.08. The smallest absolute Gasteiger partial charge is 0.335 e. The molecule has 4 heteroatoms. The number of benzene rings is 3. The number of rotatable bonds is 5. The topological polar surface area (TPSA) is 46.5 Å². The van der Waals surface area contributed by atoms with Gasteiger partial charge in [0.05, 0.1) is 5.56 Å². The van der Waals surface area contributed by atoms with E-state index < -0.39 is 5.97 Å². The molecule has 3 aromatic rings. The van der Waals surface area contributed by atoms with E-state index in [9.17, 15) is 4.79 Å². The molecule has 0 atom stereocenters. The predicted octanol–water partition coefficient (Wildman–Crippen LogP) is 5.28. The van der Waals surface area contributed by atoms with E-state index in [1.54, 1.807) is 12.1 Å². The van der Waals surface area contributed by atoms with Crippen LogP contribution in [0, 0.1) is 0 Å². The number of aromatic carboxylic acids is 1. The lowest BCUT2D eigenvalue weighted by molar-refractivity contribution is 0.0697. The highest BCUT2D eigenvalue weighted by Crippen LogP contribution is 2.28. The first-order valence-electron chi connectivity index (χ1n) is 7.43. The van der Waals surface area contributed by atoms with Crippen LogP contribution in [0.4, 0.5) is 0 Å². The summed E-state index contributed by atoms with van der Waals surface area (Å²) in [5.74, 6) is -0.288. The van der Waals surface area contributed by atoms with Gasteiger partial charge in [0.25, 0.3) is 0 Å². The summed E-state index contributed by atoms with van der Waals surface area (Å²) in [6.07, 6.45) is 0. The van der Waals surface area contributed by atoms with Crippen molar-refractivity contribution in [3.63, 3.8) is 0 Å². The number of ether oxygens (including phenoxy) is 1. The van der Waals surface area contributed by atoms with Gasteiger partial charge in [-0.3, -0.25) is 0 Å². The summed E-state index contributed by atoms with van der Waals surface area (Å²) in [4.78, 5) is 11.2. The van der Waals surface area contributed by atoms with E-state index in [1.165, 1.54) is 6.07 Å². The van der Waals surface area contributed by atoms with Crippen molar-refractivity contribution in [1.29, 1.82) is 0 Å². The highest BCUT2D eigenvalue weighted by atomic mass is 35.5. The Morgan fingerprint density at radius 1 is 0.917 bits per heavy atom. The van der Waals surface area contributed by atoms with E-state index in [1.807, 2.05) is 54.6 Å². The molecule has 0 radical (unpaired) electrons. The van der Waals surface area contributed by atoms with Crippen LogP contribution in [0.3, 0.4) is 0 Å². The Balaban J connectivity index is 1.84. The van der Waals surface area contributed by atoms with Gasteiger partial charge in [-0.1, -0.05) is 54.1 Å². The van der Waals surface area contributed by atoms with Gasteiger partial charge >= 0.3 is 5.97 Å². The molecule has 0 bridgehead atoms. The second kappa shape index (κ2) is 7.20. The van der Waals surface area contributed by atoms with Gasteiger partial charge in [-0.05, 0) is 47.0 Å². The fraction of sp³-hybridized carbons (Fsp3) is 0.0500. The molecule has 0 heterocycles. The third kappa shape index (κ3) is 3.94. The maximum Gasteiger partial charge on any atom is 0.335 e. The fourth-order valence-corrected chi connectivity index (χ4v) is 2.62. The predicted molar refractivity (Wildman–Crippen MR) is 94.6 cm³/mol. The summed E-state index contributed by atoms with van der Waals surface area (Å²) < 4.78 is 5.81. The first-order chi connectivity index (χ1) is 11.6. The molecule has 0 aromatic heterocycles. The lowest BCUT2D eigenvalue weighted by atomic mass is 10.0. The lowest BCUT2D eigenvalue weighted by Gasteiger charge is -2.09. The van der Waals surface area contributed by atoms with Gasteiger partial charge in [-0.15, -0.1) is 0 Å². The van der Waals surface area contributed by atoms with Crippen molar-refractivity contribution >= 4 is 17.6 Å². The molecule has 0 fully saturated rings. The van der Waals surface area contributed by atoms with Gasteiger partial charge in [-0.25, -0.2) is 4.79 Å². The molecule has 3 aromatic carbocycles. The van der Waals surface area contributed by atoms with E-state index in [0.29, 0.717) is 17.4 Å². The fourth-order valence-electron chi connectivity index (χ4n) is 2.39. The van der Waals surface area contributed by atoms with Gasteiger partial charge in [0.1, 0.15) is 12.4 Å². The Hall–Kier alpha value is -2.78. The molecule has 0 saturated heterocycles. The van der Waals surface area contributed by atoms with Gasteiger partial charge in [-0.2, -0.15) is 0 Å². The van der Waals surface area contributed by atoms with E-state index >= 15 is 0 Å². The summed E-state index contributed by atoms with van der Waals surface area (Å²) in [7, 11) is 0. The van der Waals surface area contributed by atoms with Crippen LogP contribution in [0.5, 0.6) is 5.75 Å². The van der Waals surface area contributed by atoms with E-state index in [2.05, 4.69) is 0 Å². The minimum Gasteiger partial charge on any atom is -0.489 e. The largest absolute Gasteiger partial charge is 0.489 e. The molecule has 0 spiro atoms. The molecule has 120 valence electrons. The Morgan fingerprint density at radius 3 is 2.46 bits per heavy atom. The third-order valence-corrected chi connectivity index (χ3v) is 3.78. The van der Waals surface area contributed by atoms with Crippen molar-refractivity contribution in [2.24, 2.45) is 0 Å². The molecular weight excluding hydrogens is 324 g/mol. The average Bonchev–Trinajstić information content (AvgIpc) is 2.60. The van der Waals surface area contributed by atoms with Crippen LogP contribution in [0.2, 0.25) is 5.02 Å². The average molecular weight is 339 g/mol. The molecule has 0 aliphatic carbocycles. The van der Waals surface area contributed by atoms with Crippen LogP contribution < -0.4 is 4.74 Å². The normalized spacial score (nSPS) is 10.4. The number of halogens is 1. The summed E-state index contributed by atoms with van der Waals surface area (Å²) in [6.45, 7) is 0.472. The zero-order valence-corrected chi connectivity index (χ0v) is 13.5. The first-order valence-corrected chi connectivity index (χ1v) is 7.81. The van der Waals surface area contributed by atoms with Crippen LogP contribution in [-0.2, 0) is 6.61 Å². The standard InChI is InChI=1S/C20H15ClO3/c21-18-10-16(9-17(11-18)20(22)23)15-7-4-8-19(12-15)24-13-14-5-2-1-3-6-14/h1-12H,13H2,(H,22,23). The SMILES string of the molecule is O=C(O)c1cc(Cl)cc(-c2cccc(OCc3ccccc3)c2)c1. The van der Waals surface area contributed by atoms with Crippen LogP contribution in [0.1, 0.15) is 15.9 Å². The molecule has 0 aliphatic rings. The van der Waals surface area contributed by atoms with Crippen molar-refractivity contribution in [2.75, 3.05) is 0 Å². The van der Waals surface area contributed by atoms with Crippen molar-refractivity contribution in [3.8, 4) is 16.9 Å². The zero-order valence-electron chi connectivity index (χ0n) is 12.8. The summed E-state index contributed by atoms with van der Waals surface area (Å²) in [6, 6.07) is 22.2. The lowest BCUT2D eigenvalue weighted by Crippen LogP contribution is -1.97. The van der Waals surface area contributed by atoms with Crippen LogP contribution >= 0.6 is 11.6 Å². The highest BCUT2D eigenvalue weighted by molar-refractivity contribution is 6.31. The van der Waals surface area contributed by atoms with Gasteiger partial charge in [0, 0.05) is 5.02 Å². The number of carboxylic acid groups (broad SMARTS) is 1. The molecule has 3 rings (SSSR count). The minimum absolute atomic E-state index is 0.160. The number of carboxylic acids is 1. The van der Waals surface area contributed by atoms with Gasteiger partial charge < -0.3 is 9.84 Å². The second-order valence-corrected chi connectivity index (χ2v) is 5.77. The Kier molecular flexibility index (Phi) is 4.82. The molecule has 3 nitrogen and oxygen atoms in total. The van der Waals surface area contributed by atoms with Crippen LogP contribution in [0.15, 0.2) is 72.8 Å². The van der Waals surface area contributed by atoms with E-state index in [0.717, 1.165) is 16.7 Å². The van der Waals surface area contributed by atoms with Crippen LogP contribution in [0.25, 0.3) is 11.1 Å². The third-order valence-electron chi connectivity index (χ3n) is 3.56. The number of carbonyl (C=O) groups is 1. The Bertz CT molecular complexity index is 860. The maximum atomic E-state index is 11.2.